The van der Waals surface area contributed by atoms with E-state index in [1.807, 2.05) is 6.26 Å². The molecule has 2 amide bonds. The summed E-state index contributed by atoms with van der Waals surface area (Å²) in [7, 11) is 0. The molecule has 0 saturated carbocycles. The first kappa shape index (κ1) is 25.1. The van der Waals surface area contributed by atoms with Crippen LogP contribution in [0, 0.1) is 0 Å². The zero-order valence-corrected chi connectivity index (χ0v) is 16.3. The van der Waals surface area contributed by atoms with E-state index in [0.29, 0.717) is 31.6 Å². The molecule has 0 radical (unpaired) electrons. The SMILES string of the molecule is CSCC[C@H](N)C(=O)N[C@@H](CCC(=O)O)C(=O)N[C@@H](CCCCN)C(=O)O. The number of nitrogens with one attached hydrogen (secondary N) is 2. The van der Waals surface area contributed by atoms with Crippen molar-refractivity contribution in [1.82, 2.24) is 10.6 Å². The molecule has 156 valence electrons. The molecule has 0 unspecified atom stereocenters. The number of carboxylic acid groups (broad SMARTS) is 2. The van der Waals surface area contributed by atoms with Gasteiger partial charge in [0.2, 0.25) is 11.8 Å². The lowest BCUT2D eigenvalue weighted by Gasteiger charge is -2.22. The first-order valence-corrected chi connectivity index (χ1v) is 10.1. The molecular formula is C16H30N4O6S. The Morgan fingerprint density at radius 2 is 1.59 bits per heavy atom. The summed E-state index contributed by atoms with van der Waals surface area (Å²) >= 11 is 1.52. The number of amides is 2. The minimum absolute atomic E-state index is 0.169. The molecule has 0 aromatic carbocycles. The lowest BCUT2D eigenvalue weighted by molar-refractivity contribution is -0.143. The van der Waals surface area contributed by atoms with Gasteiger partial charge in [0.1, 0.15) is 12.1 Å². The molecular weight excluding hydrogens is 376 g/mol. The van der Waals surface area contributed by atoms with Gasteiger partial charge in [0.15, 0.2) is 0 Å². The van der Waals surface area contributed by atoms with E-state index in [1.54, 1.807) is 0 Å². The fourth-order valence-corrected chi connectivity index (χ4v) is 2.70. The molecule has 27 heavy (non-hydrogen) atoms. The van der Waals surface area contributed by atoms with Gasteiger partial charge < -0.3 is 32.3 Å². The van der Waals surface area contributed by atoms with Gasteiger partial charge in [-0.15, -0.1) is 0 Å². The monoisotopic (exact) mass is 406 g/mol. The van der Waals surface area contributed by atoms with Crippen LogP contribution in [0.1, 0.15) is 38.5 Å². The number of carbonyl (C=O) groups excluding carboxylic acids is 2. The Morgan fingerprint density at radius 1 is 0.963 bits per heavy atom. The van der Waals surface area contributed by atoms with Crippen LogP contribution in [0.15, 0.2) is 0 Å². The Labute approximate surface area is 162 Å². The number of carbonyl (C=O) groups is 4. The molecule has 0 aliphatic heterocycles. The maximum atomic E-state index is 12.4. The van der Waals surface area contributed by atoms with Crippen molar-refractivity contribution >= 4 is 35.5 Å². The summed E-state index contributed by atoms with van der Waals surface area (Å²) < 4.78 is 0. The van der Waals surface area contributed by atoms with Crippen LogP contribution in [0.2, 0.25) is 0 Å². The second kappa shape index (κ2) is 14.2. The second-order valence-electron chi connectivity index (χ2n) is 6.07. The highest BCUT2D eigenvalue weighted by atomic mass is 32.2. The Kier molecular flexibility index (Phi) is 13.3. The topological polar surface area (TPSA) is 185 Å². The molecule has 0 fully saturated rings. The third kappa shape index (κ3) is 11.5. The van der Waals surface area contributed by atoms with Crippen molar-refractivity contribution in [2.24, 2.45) is 11.5 Å². The molecule has 3 atom stereocenters. The lowest BCUT2D eigenvalue weighted by atomic mass is 10.1. The van der Waals surface area contributed by atoms with Crippen LogP contribution in [-0.2, 0) is 19.2 Å². The van der Waals surface area contributed by atoms with E-state index in [1.165, 1.54) is 11.8 Å². The molecule has 0 bridgehead atoms. The number of hydrogen-bond donors (Lipinski definition) is 6. The molecule has 8 N–H and O–H groups in total. The standard InChI is InChI=1S/C16H30N4O6S/c1-27-9-7-10(18)14(23)19-11(5-6-13(21)22)15(24)20-12(16(25)26)4-2-3-8-17/h10-12H,2-9,17-18H2,1H3,(H,19,23)(H,20,24)(H,21,22)(H,25,26)/t10-,11-,12-/m0/s1. The van der Waals surface area contributed by atoms with E-state index < -0.39 is 41.9 Å². The predicted octanol–water partition coefficient (Wildman–Crippen LogP) is -0.885. The van der Waals surface area contributed by atoms with E-state index in [4.69, 9.17) is 16.6 Å². The summed E-state index contributed by atoms with van der Waals surface area (Å²) in [6.07, 6.45) is 3.05. The van der Waals surface area contributed by atoms with Crippen molar-refractivity contribution in [1.29, 1.82) is 0 Å². The number of nitrogens with two attached hydrogens (primary N) is 2. The van der Waals surface area contributed by atoms with Gasteiger partial charge in [0.25, 0.3) is 0 Å². The van der Waals surface area contributed by atoms with Gasteiger partial charge in [-0.25, -0.2) is 4.79 Å². The molecule has 0 rings (SSSR count). The molecule has 11 heteroatoms. The molecule has 0 aromatic heterocycles. The van der Waals surface area contributed by atoms with Crippen molar-refractivity contribution in [2.75, 3.05) is 18.6 Å². The first-order chi connectivity index (χ1) is 12.7. The molecule has 0 spiro atoms. The molecule has 0 aromatic rings. The Bertz CT molecular complexity index is 505. The molecule has 0 saturated heterocycles. The van der Waals surface area contributed by atoms with Gasteiger partial charge >= 0.3 is 11.9 Å². The number of hydrogen-bond acceptors (Lipinski definition) is 7. The van der Waals surface area contributed by atoms with Crippen LogP contribution < -0.4 is 22.1 Å². The molecule has 0 heterocycles. The summed E-state index contributed by atoms with van der Waals surface area (Å²) in [6.45, 7) is 0.408. The maximum absolute atomic E-state index is 12.4. The van der Waals surface area contributed by atoms with Gasteiger partial charge in [0.05, 0.1) is 6.04 Å². The largest absolute Gasteiger partial charge is 0.481 e. The van der Waals surface area contributed by atoms with Crippen molar-refractivity contribution in [3.63, 3.8) is 0 Å². The molecule has 0 aliphatic rings. The summed E-state index contributed by atoms with van der Waals surface area (Å²) in [5.74, 6) is -3.01. The van der Waals surface area contributed by atoms with Crippen LogP contribution in [-0.4, -0.2) is 70.6 Å². The quantitative estimate of drug-likeness (QED) is 0.188. The zero-order valence-electron chi connectivity index (χ0n) is 15.5. The van der Waals surface area contributed by atoms with Crippen molar-refractivity contribution in [2.45, 2.75) is 56.7 Å². The molecule has 10 nitrogen and oxygen atoms in total. The number of thioether (sulfide) groups is 1. The average Bonchev–Trinajstić information content (AvgIpc) is 2.61. The van der Waals surface area contributed by atoms with Crippen LogP contribution >= 0.6 is 11.8 Å². The van der Waals surface area contributed by atoms with Gasteiger partial charge in [-0.1, -0.05) is 0 Å². The Balaban J connectivity index is 4.96. The average molecular weight is 407 g/mol. The fourth-order valence-electron chi connectivity index (χ4n) is 2.21. The fraction of sp³-hybridized carbons (Fsp3) is 0.750. The van der Waals surface area contributed by atoms with Crippen molar-refractivity contribution in [3.8, 4) is 0 Å². The smallest absolute Gasteiger partial charge is 0.326 e. The van der Waals surface area contributed by atoms with Crippen LogP contribution in [0.3, 0.4) is 0 Å². The van der Waals surface area contributed by atoms with Crippen molar-refractivity contribution in [3.05, 3.63) is 0 Å². The zero-order chi connectivity index (χ0) is 20.8. The Hall–Kier alpha value is -1.85. The summed E-state index contributed by atoms with van der Waals surface area (Å²) in [6, 6.07) is -3.15. The van der Waals surface area contributed by atoms with E-state index in [9.17, 15) is 24.3 Å². The molecule has 0 aliphatic carbocycles. The first-order valence-electron chi connectivity index (χ1n) is 8.72. The third-order valence-corrected chi connectivity index (χ3v) is 4.46. The summed E-state index contributed by atoms with van der Waals surface area (Å²) in [5, 5.41) is 22.9. The Morgan fingerprint density at radius 3 is 2.11 bits per heavy atom. The minimum atomic E-state index is -1.21. The van der Waals surface area contributed by atoms with Gasteiger partial charge in [-0.05, 0) is 50.7 Å². The third-order valence-electron chi connectivity index (χ3n) is 3.81. The number of unbranched alkanes of at least 4 members (excludes halogenated alkanes) is 1. The van der Waals surface area contributed by atoms with Crippen LogP contribution in [0.25, 0.3) is 0 Å². The normalized spacial score (nSPS) is 14.0. The van der Waals surface area contributed by atoms with E-state index in [-0.39, 0.29) is 19.3 Å². The number of aliphatic carboxylic acids is 2. The lowest BCUT2D eigenvalue weighted by Crippen LogP contribution is -2.54. The van der Waals surface area contributed by atoms with Gasteiger partial charge in [-0.2, -0.15) is 11.8 Å². The highest BCUT2D eigenvalue weighted by Gasteiger charge is 2.28. The van der Waals surface area contributed by atoms with Gasteiger partial charge in [-0.3, -0.25) is 14.4 Å². The highest BCUT2D eigenvalue weighted by molar-refractivity contribution is 7.98. The van der Waals surface area contributed by atoms with E-state index >= 15 is 0 Å². The van der Waals surface area contributed by atoms with E-state index in [0.717, 1.165) is 0 Å². The second-order valence-corrected chi connectivity index (χ2v) is 7.05. The minimum Gasteiger partial charge on any atom is -0.481 e. The highest BCUT2D eigenvalue weighted by Crippen LogP contribution is 2.05. The van der Waals surface area contributed by atoms with Gasteiger partial charge in [0, 0.05) is 6.42 Å². The summed E-state index contributed by atoms with van der Waals surface area (Å²) in [4.78, 5) is 46.7. The van der Waals surface area contributed by atoms with Crippen LogP contribution in [0.5, 0.6) is 0 Å². The number of carboxylic acids is 2. The van der Waals surface area contributed by atoms with Crippen LogP contribution in [0.4, 0.5) is 0 Å². The summed E-state index contributed by atoms with van der Waals surface area (Å²) in [5.41, 5.74) is 11.1. The number of rotatable bonds is 15. The predicted molar refractivity (Wildman–Crippen MR) is 102 cm³/mol. The van der Waals surface area contributed by atoms with E-state index in [2.05, 4.69) is 10.6 Å². The maximum Gasteiger partial charge on any atom is 0.326 e. The van der Waals surface area contributed by atoms with Crippen molar-refractivity contribution < 1.29 is 29.4 Å².